The number of anilines is 1. The van der Waals surface area contributed by atoms with Crippen LogP contribution < -0.4 is 15.8 Å². The van der Waals surface area contributed by atoms with Gasteiger partial charge in [0.2, 0.25) is 5.91 Å². The molecule has 1 aromatic carbocycles. The molecule has 3 N–H and O–H groups in total. The van der Waals surface area contributed by atoms with Crippen LogP contribution in [0.4, 0.5) is 5.69 Å². The van der Waals surface area contributed by atoms with Gasteiger partial charge in [-0.25, -0.2) is 4.98 Å². The Kier molecular flexibility index (Phi) is 5.16. The number of amides is 1. The lowest BCUT2D eigenvalue weighted by atomic mass is 10.0. The first-order valence-electron chi connectivity index (χ1n) is 7.23. The summed E-state index contributed by atoms with van der Waals surface area (Å²) in [7, 11) is 1.92. The maximum absolute atomic E-state index is 11.9. The minimum atomic E-state index is -0.237. The number of benzene rings is 1. The summed E-state index contributed by atoms with van der Waals surface area (Å²) >= 11 is 0. The Labute approximate surface area is 130 Å². The number of ether oxygens (including phenoxy) is 1. The van der Waals surface area contributed by atoms with E-state index in [0.717, 1.165) is 17.3 Å². The third-order valence-corrected chi connectivity index (χ3v) is 3.61. The number of imidazole rings is 1. The molecule has 0 radical (unpaired) electrons. The molecule has 6 heteroatoms. The monoisotopic (exact) mass is 302 g/mol. The van der Waals surface area contributed by atoms with E-state index >= 15 is 0 Å². The van der Waals surface area contributed by atoms with Crippen molar-refractivity contribution in [3.05, 3.63) is 42.5 Å². The smallest absolute Gasteiger partial charge is 0.228 e. The van der Waals surface area contributed by atoms with Crippen LogP contribution >= 0.6 is 0 Å². The van der Waals surface area contributed by atoms with Gasteiger partial charge in [0.15, 0.2) is 0 Å². The predicted molar refractivity (Wildman–Crippen MR) is 85.4 cm³/mol. The maximum Gasteiger partial charge on any atom is 0.228 e. The number of carbonyl (C=O) groups excluding carboxylic acids is 1. The van der Waals surface area contributed by atoms with Gasteiger partial charge in [0, 0.05) is 31.2 Å². The van der Waals surface area contributed by atoms with Crippen molar-refractivity contribution in [3.63, 3.8) is 0 Å². The molecule has 1 amide bonds. The van der Waals surface area contributed by atoms with Gasteiger partial charge in [-0.2, -0.15) is 0 Å². The van der Waals surface area contributed by atoms with E-state index in [2.05, 4.69) is 10.3 Å². The molecule has 0 aliphatic carbocycles. The lowest BCUT2D eigenvalue weighted by Gasteiger charge is -2.15. The van der Waals surface area contributed by atoms with Crippen molar-refractivity contribution in [1.82, 2.24) is 9.55 Å². The first-order valence-corrected chi connectivity index (χ1v) is 7.23. The van der Waals surface area contributed by atoms with E-state index in [9.17, 15) is 4.79 Å². The number of aromatic nitrogens is 2. The highest BCUT2D eigenvalue weighted by Gasteiger charge is 2.16. The summed E-state index contributed by atoms with van der Waals surface area (Å²) in [6.07, 6.45) is 3.61. The van der Waals surface area contributed by atoms with Gasteiger partial charge >= 0.3 is 0 Å². The van der Waals surface area contributed by atoms with E-state index in [-0.39, 0.29) is 17.9 Å². The molecule has 0 bridgehead atoms. The van der Waals surface area contributed by atoms with Crippen LogP contribution in [0.2, 0.25) is 0 Å². The van der Waals surface area contributed by atoms with E-state index in [1.54, 1.807) is 18.3 Å². The zero-order valence-corrected chi connectivity index (χ0v) is 13.1. The van der Waals surface area contributed by atoms with Crippen molar-refractivity contribution in [2.45, 2.75) is 26.5 Å². The molecule has 0 aliphatic rings. The number of nitrogens with one attached hydrogen (secondary N) is 1. The second-order valence-corrected chi connectivity index (χ2v) is 5.40. The standard InChI is InChI=1S/C16H22N4O2/c1-11(12(2)17)16(21)19-13-4-6-14(7-5-13)22-10-15-18-8-9-20(15)3/h4-9,11-12H,10,17H2,1-3H3,(H,19,21). The second-order valence-electron chi connectivity index (χ2n) is 5.40. The Morgan fingerprint density at radius 3 is 2.59 bits per heavy atom. The SMILES string of the molecule is CC(N)C(C)C(=O)Nc1ccc(OCc2nccn2C)cc1. The van der Waals surface area contributed by atoms with Crippen LogP contribution in [-0.4, -0.2) is 21.5 Å². The number of rotatable bonds is 6. The Bertz CT molecular complexity index is 619. The summed E-state index contributed by atoms with van der Waals surface area (Å²) in [5.74, 6) is 1.25. The number of hydrogen-bond donors (Lipinski definition) is 2. The van der Waals surface area contributed by atoms with Crippen LogP contribution in [0.5, 0.6) is 5.75 Å². The molecule has 0 aliphatic heterocycles. The predicted octanol–water partition coefficient (Wildman–Crippen LogP) is 1.92. The first kappa shape index (κ1) is 16.0. The van der Waals surface area contributed by atoms with Gasteiger partial charge in [-0.1, -0.05) is 6.92 Å². The van der Waals surface area contributed by atoms with Crippen LogP contribution in [0, 0.1) is 5.92 Å². The molecule has 22 heavy (non-hydrogen) atoms. The summed E-state index contributed by atoms with van der Waals surface area (Å²) in [6.45, 7) is 4.03. The average Bonchev–Trinajstić information content (AvgIpc) is 2.91. The molecule has 2 aromatic rings. The van der Waals surface area contributed by atoms with Gasteiger partial charge < -0.3 is 20.4 Å². The van der Waals surface area contributed by atoms with E-state index in [4.69, 9.17) is 10.5 Å². The molecule has 2 rings (SSSR count). The molecule has 118 valence electrons. The van der Waals surface area contributed by atoms with Crippen molar-refractivity contribution < 1.29 is 9.53 Å². The normalized spacial score (nSPS) is 13.5. The Morgan fingerprint density at radius 1 is 1.36 bits per heavy atom. The minimum absolute atomic E-state index is 0.0864. The number of nitrogens with two attached hydrogens (primary N) is 1. The Hall–Kier alpha value is -2.34. The highest BCUT2D eigenvalue weighted by Crippen LogP contribution is 2.17. The molecule has 0 fully saturated rings. The van der Waals surface area contributed by atoms with E-state index < -0.39 is 0 Å². The highest BCUT2D eigenvalue weighted by atomic mass is 16.5. The van der Waals surface area contributed by atoms with E-state index in [1.165, 1.54) is 0 Å². The molecular weight excluding hydrogens is 280 g/mol. The third-order valence-electron chi connectivity index (χ3n) is 3.61. The van der Waals surface area contributed by atoms with Crippen LogP contribution in [0.15, 0.2) is 36.7 Å². The van der Waals surface area contributed by atoms with Crippen molar-refractivity contribution in [2.24, 2.45) is 18.7 Å². The van der Waals surface area contributed by atoms with Crippen molar-refractivity contribution in [2.75, 3.05) is 5.32 Å². The molecule has 0 saturated heterocycles. The molecule has 0 saturated carbocycles. The number of nitrogens with zero attached hydrogens (tertiary/aromatic N) is 2. The largest absolute Gasteiger partial charge is 0.486 e. The first-order chi connectivity index (χ1) is 10.5. The minimum Gasteiger partial charge on any atom is -0.486 e. The topological polar surface area (TPSA) is 82.2 Å². The zero-order chi connectivity index (χ0) is 16.1. The second kappa shape index (κ2) is 7.09. The van der Waals surface area contributed by atoms with Gasteiger partial charge in [0.05, 0.1) is 5.92 Å². The molecule has 6 nitrogen and oxygen atoms in total. The maximum atomic E-state index is 11.9. The van der Waals surface area contributed by atoms with Gasteiger partial charge in [0.1, 0.15) is 18.2 Å². The lowest BCUT2D eigenvalue weighted by molar-refractivity contribution is -0.119. The molecular formula is C16H22N4O2. The summed E-state index contributed by atoms with van der Waals surface area (Å²) in [4.78, 5) is 16.1. The van der Waals surface area contributed by atoms with Gasteiger partial charge in [-0.3, -0.25) is 4.79 Å². The average molecular weight is 302 g/mol. The number of hydrogen-bond acceptors (Lipinski definition) is 4. The number of aryl methyl sites for hydroxylation is 1. The fourth-order valence-electron chi connectivity index (χ4n) is 1.81. The quantitative estimate of drug-likeness (QED) is 0.854. The van der Waals surface area contributed by atoms with Crippen LogP contribution in [0.25, 0.3) is 0 Å². The van der Waals surface area contributed by atoms with Crippen molar-refractivity contribution >= 4 is 11.6 Å². The lowest BCUT2D eigenvalue weighted by Crippen LogP contribution is -2.34. The van der Waals surface area contributed by atoms with E-state index in [1.807, 2.05) is 43.8 Å². The fourth-order valence-corrected chi connectivity index (χ4v) is 1.81. The molecule has 1 heterocycles. The zero-order valence-electron chi connectivity index (χ0n) is 13.1. The van der Waals surface area contributed by atoms with Gasteiger partial charge in [-0.15, -0.1) is 0 Å². The molecule has 0 spiro atoms. The number of carbonyl (C=O) groups is 1. The molecule has 1 aromatic heterocycles. The summed E-state index contributed by atoms with van der Waals surface area (Å²) in [5, 5.41) is 2.84. The van der Waals surface area contributed by atoms with Crippen molar-refractivity contribution in [3.8, 4) is 5.75 Å². The highest BCUT2D eigenvalue weighted by molar-refractivity contribution is 5.92. The van der Waals surface area contributed by atoms with Crippen LogP contribution in [-0.2, 0) is 18.4 Å². The summed E-state index contributed by atoms with van der Waals surface area (Å²) < 4.78 is 7.57. The van der Waals surface area contributed by atoms with Gasteiger partial charge in [0.25, 0.3) is 0 Å². The van der Waals surface area contributed by atoms with Crippen LogP contribution in [0.3, 0.4) is 0 Å². The Morgan fingerprint density at radius 2 is 2.05 bits per heavy atom. The third kappa shape index (κ3) is 4.08. The molecule has 2 atom stereocenters. The van der Waals surface area contributed by atoms with Crippen molar-refractivity contribution in [1.29, 1.82) is 0 Å². The van der Waals surface area contributed by atoms with Crippen LogP contribution in [0.1, 0.15) is 19.7 Å². The summed E-state index contributed by atoms with van der Waals surface area (Å²) in [5.41, 5.74) is 6.45. The van der Waals surface area contributed by atoms with E-state index in [0.29, 0.717) is 6.61 Å². The Balaban J connectivity index is 1.90. The van der Waals surface area contributed by atoms with Gasteiger partial charge in [-0.05, 0) is 31.2 Å². The summed E-state index contributed by atoms with van der Waals surface area (Å²) in [6, 6.07) is 7.06. The molecule has 2 unspecified atom stereocenters. The fraction of sp³-hybridized carbons (Fsp3) is 0.375.